The fourth-order valence-corrected chi connectivity index (χ4v) is 1.39. The molecule has 0 aliphatic carbocycles. The van der Waals surface area contributed by atoms with Gasteiger partial charge in [0.05, 0.1) is 11.6 Å². The summed E-state index contributed by atoms with van der Waals surface area (Å²) in [4.78, 5) is 0. The van der Waals surface area contributed by atoms with Crippen molar-refractivity contribution in [3.63, 3.8) is 0 Å². The molecule has 1 rings (SSSR count). The minimum absolute atomic E-state index is 0.704. The molecule has 1 heteroatoms. The van der Waals surface area contributed by atoms with Gasteiger partial charge in [-0.1, -0.05) is 32.6 Å². The van der Waals surface area contributed by atoms with Crippen molar-refractivity contribution in [2.45, 2.75) is 26.7 Å². The van der Waals surface area contributed by atoms with Crippen molar-refractivity contribution < 1.29 is 0 Å². The van der Waals surface area contributed by atoms with Gasteiger partial charge in [0.15, 0.2) is 0 Å². The Kier molecular flexibility index (Phi) is 4.12. The number of hydrogen-bond donors (Lipinski definition) is 0. The Morgan fingerprint density at radius 1 is 1.33 bits per heavy atom. The molecular weight excluding hydrogens is 182 g/mol. The second-order valence-corrected chi connectivity index (χ2v) is 4.23. The molecule has 0 aliphatic heterocycles. The third kappa shape index (κ3) is 3.59. The zero-order valence-electron chi connectivity index (χ0n) is 9.46. The van der Waals surface area contributed by atoms with Crippen molar-refractivity contribution in [1.82, 2.24) is 0 Å². The van der Waals surface area contributed by atoms with Gasteiger partial charge in [0, 0.05) is 0 Å². The van der Waals surface area contributed by atoms with Crippen LogP contribution in [0.5, 0.6) is 0 Å². The largest absolute Gasteiger partial charge is 0.192 e. The second-order valence-electron chi connectivity index (χ2n) is 4.23. The minimum Gasteiger partial charge on any atom is -0.192 e. The molecule has 0 bridgehead atoms. The summed E-state index contributed by atoms with van der Waals surface area (Å²) in [5.74, 6) is 0.708. The highest BCUT2D eigenvalue weighted by atomic mass is 14.2. The first-order chi connectivity index (χ1) is 7.13. The van der Waals surface area contributed by atoms with Crippen molar-refractivity contribution in [1.29, 1.82) is 5.26 Å². The van der Waals surface area contributed by atoms with Crippen LogP contribution in [0.4, 0.5) is 0 Å². The van der Waals surface area contributed by atoms with Crippen molar-refractivity contribution in [3.8, 4) is 6.07 Å². The molecule has 0 aliphatic rings. The molecule has 0 aromatic heterocycles. The standard InChI is InChI=1S/C14H17N/c1-11(2)4-5-12(3)14-8-6-13(10-15)7-9-14/h6-9,11H,3-5H2,1-2H3. The molecular formula is C14H17N. The molecule has 0 fully saturated rings. The lowest BCUT2D eigenvalue weighted by atomic mass is 9.98. The summed E-state index contributed by atoms with van der Waals surface area (Å²) in [5.41, 5.74) is 3.01. The Morgan fingerprint density at radius 3 is 2.40 bits per heavy atom. The molecule has 0 spiro atoms. The van der Waals surface area contributed by atoms with Crippen molar-refractivity contribution in [3.05, 3.63) is 42.0 Å². The molecule has 0 amide bonds. The van der Waals surface area contributed by atoms with Gasteiger partial charge in [-0.05, 0) is 42.0 Å². The number of nitrogens with zero attached hydrogens (tertiary/aromatic N) is 1. The quantitative estimate of drug-likeness (QED) is 0.718. The van der Waals surface area contributed by atoms with Crippen LogP contribution in [0, 0.1) is 17.2 Å². The predicted octanol–water partition coefficient (Wildman–Crippen LogP) is 4.01. The first-order valence-electron chi connectivity index (χ1n) is 5.32. The summed E-state index contributed by atoms with van der Waals surface area (Å²) < 4.78 is 0. The fourth-order valence-electron chi connectivity index (χ4n) is 1.39. The van der Waals surface area contributed by atoms with Gasteiger partial charge in [0.25, 0.3) is 0 Å². The first-order valence-corrected chi connectivity index (χ1v) is 5.32. The number of allylic oxidation sites excluding steroid dienone is 1. The molecule has 1 aromatic carbocycles. The summed E-state index contributed by atoms with van der Waals surface area (Å²) in [5, 5.41) is 8.67. The van der Waals surface area contributed by atoms with Crippen LogP contribution in [0.15, 0.2) is 30.8 Å². The third-order valence-corrected chi connectivity index (χ3v) is 2.45. The van der Waals surface area contributed by atoms with E-state index in [1.807, 2.05) is 24.3 Å². The van der Waals surface area contributed by atoms with E-state index in [2.05, 4.69) is 26.5 Å². The number of hydrogen-bond acceptors (Lipinski definition) is 1. The van der Waals surface area contributed by atoms with Crippen LogP contribution in [-0.2, 0) is 0 Å². The average Bonchev–Trinajstić information content (AvgIpc) is 2.26. The van der Waals surface area contributed by atoms with Crippen molar-refractivity contribution >= 4 is 5.57 Å². The van der Waals surface area contributed by atoms with Crippen LogP contribution in [0.1, 0.15) is 37.8 Å². The van der Waals surface area contributed by atoms with E-state index in [4.69, 9.17) is 5.26 Å². The lowest BCUT2D eigenvalue weighted by molar-refractivity contribution is 0.599. The van der Waals surface area contributed by atoms with Crippen LogP contribution in [0.3, 0.4) is 0 Å². The molecule has 0 unspecified atom stereocenters. The lowest BCUT2D eigenvalue weighted by Crippen LogP contribution is -1.89. The maximum Gasteiger partial charge on any atom is 0.0991 e. The molecule has 15 heavy (non-hydrogen) atoms. The Bertz CT molecular complexity index is 365. The van der Waals surface area contributed by atoms with Gasteiger partial charge >= 0.3 is 0 Å². The monoisotopic (exact) mass is 199 g/mol. The molecule has 0 saturated carbocycles. The minimum atomic E-state index is 0.704. The van der Waals surface area contributed by atoms with Gasteiger partial charge in [-0.2, -0.15) is 5.26 Å². The first kappa shape index (κ1) is 11.5. The number of nitriles is 1. The van der Waals surface area contributed by atoms with Crippen LogP contribution >= 0.6 is 0 Å². The fraction of sp³-hybridized carbons (Fsp3) is 0.357. The highest BCUT2D eigenvalue weighted by molar-refractivity contribution is 5.63. The van der Waals surface area contributed by atoms with E-state index in [0.29, 0.717) is 11.5 Å². The average molecular weight is 199 g/mol. The Morgan fingerprint density at radius 2 is 1.93 bits per heavy atom. The maximum atomic E-state index is 8.67. The molecule has 0 saturated heterocycles. The van der Waals surface area contributed by atoms with E-state index >= 15 is 0 Å². The molecule has 78 valence electrons. The van der Waals surface area contributed by atoms with E-state index in [-0.39, 0.29) is 0 Å². The van der Waals surface area contributed by atoms with E-state index in [1.54, 1.807) is 0 Å². The number of benzene rings is 1. The topological polar surface area (TPSA) is 23.8 Å². The zero-order valence-corrected chi connectivity index (χ0v) is 9.46. The summed E-state index contributed by atoms with van der Waals surface area (Å²) >= 11 is 0. The molecule has 0 heterocycles. The van der Waals surface area contributed by atoms with Crippen LogP contribution in [-0.4, -0.2) is 0 Å². The van der Waals surface area contributed by atoms with E-state index in [0.717, 1.165) is 17.6 Å². The zero-order chi connectivity index (χ0) is 11.3. The second kappa shape index (κ2) is 5.36. The molecule has 1 nitrogen and oxygen atoms in total. The molecule has 0 atom stereocenters. The Labute approximate surface area is 92.1 Å². The summed E-state index contributed by atoms with van der Waals surface area (Å²) in [6.07, 6.45) is 2.20. The lowest BCUT2D eigenvalue weighted by Gasteiger charge is -2.07. The smallest absolute Gasteiger partial charge is 0.0991 e. The summed E-state index contributed by atoms with van der Waals surface area (Å²) in [7, 11) is 0. The normalized spacial score (nSPS) is 10.0. The van der Waals surface area contributed by atoms with Crippen LogP contribution < -0.4 is 0 Å². The van der Waals surface area contributed by atoms with E-state index in [1.165, 1.54) is 6.42 Å². The summed E-state index contributed by atoms with van der Waals surface area (Å²) in [6, 6.07) is 9.75. The van der Waals surface area contributed by atoms with E-state index in [9.17, 15) is 0 Å². The molecule has 0 N–H and O–H groups in total. The van der Waals surface area contributed by atoms with Crippen molar-refractivity contribution in [2.75, 3.05) is 0 Å². The highest BCUT2D eigenvalue weighted by Crippen LogP contribution is 2.20. The highest BCUT2D eigenvalue weighted by Gasteiger charge is 2.01. The van der Waals surface area contributed by atoms with E-state index < -0.39 is 0 Å². The predicted molar refractivity (Wildman–Crippen MR) is 64.3 cm³/mol. The molecule has 0 radical (unpaired) electrons. The SMILES string of the molecule is C=C(CCC(C)C)c1ccc(C#N)cc1. The Balaban J connectivity index is 2.63. The van der Waals surface area contributed by atoms with Crippen LogP contribution in [0.25, 0.3) is 5.57 Å². The van der Waals surface area contributed by atoms with Gasteiger partial charge in [-0.25, -0.2) is 0 Å². The van der Waals surface area contributed by atoms with Gasteiger partial charge < -0.3 is 0 Å². The van der Waals surface area contributed by atoms with Crippen molar-refractivity contribution in [2.24, 2.45) is 5.92 Å². The number of rotatable bonds is 4. The third-order valence-electron chi connectivity index (χ3n) is 2.45. The van der Waals surface area contributed by atoms with Gasteiger partial charge in [-0.3, -0.25) is 0 Å². The van der Waals surface area contributed by atoms with Gasteiger partial charge in [0.2, 0.25) is 0 Å². The molecule has 1 aromatic rings. The Hall–Kier alpha value is -1.55. The summed E-state index contributed by atoms with van der Waals surface area (Å²) in [6.45, 7) is 8.50. The maximum absolute atomic E-state index is 8.67. The van der Waals surface area contributed by atoms with Gasteiger partial charge in [0.1, 0.15) is 0 Å². The van der Waals surface area contributed by atoms with Crippen LogP contribution in [0.2, 0.25) is 0 Å². The van der Waals surface area contributed by atoms with Gasteiger partial charge in [-0.15, -0.1) is 0 Å².